The number of carbonyl (C=O) groups excluding carboxylic acids is 3. The van der Waals surface area contributed by atoms with E-state index >= 15 is 0 Å². The Morgan fingerprint density at radius 2 is 1.00 bits per heavy atom. The molecular formula is C49H94N2O5S. The molecule has 1 aliphatic rings. The minimum atomic E-state index is -0.0209. The van der Waals surface area contributed by atoms with Crippen LogP contribution in [0.3, 0.4) is 0 Å². The van der Waals surface area contributed by atoms with Crippen LogP contribution < -0.4 is 0 Å². The summed E-state index contributed by atoms with van der Waals surface area (Å²) in [5, 5.41) is 0.225. The Kier molecular flexibility index (Phi) is 35.5. The SMILES string of the molecule is CCCCCCCCCC(=O)OCC1(CCCCCN(CCCCCCCC(=O)OCC(CCCCCCC)CCCCCCC)C(=O)SCCCN(C)C)CC1. The van der Waals surface area contributed by atoms with E-state index in [1.807, 2.05) is 0 Å². The molecule has 1 aliphatic carbocycles. The number of hydrogen-bond donors (Lipinski definition) is 0. The van der Waals surface area contributed by atoms with Gasteiger partial charge in [-0.05, 0) is 90.8 Å². The summed E-state index contributed by atoms with van der Waals surface area (Å²) >= 11 is 1.48. The highest BCUT2D eigenvalue weighted by Gasteiger charge is 2.43. The second kappa shape index (κ2) is 37.7. The van der Waals surface area contributed by atoms with Crippen molar-refractivity contribution in [3.63, 3.8) is 0 Å². The molecule has 1 amide bonds. The lowest BCUT2D eigenvalue weighted by Gasteiger charge is -2.23. The zero-order valence-corrected chi connectivity index (χ0v) is 39.3. The van der Waals surface area contributed by atoms with Gasteiger partial charge in [0.1, 0.15) is 0 Å². The number of unbranched alkanes of at least 4 members (excludes halogenated alkanes) is 20. The summed E-state index contributed by atoms with van der Waals surface area (Å²) in [6, 6.07) is 0. The highest BCUT2D eigenvalue weighted by Crippen LogP contribution is 2.50. The molecule has 0 saturated heterocycles. The van der Waals surface area contributed by atoms with E-state index in [1.54, 1.807) is 0 Å². The molecule has 336 valence electrons. The Morgan fingerprint density at radius 3 is 1.51 bits per heavy atom. The van der Waals surface area contributed by atoms with Gasteiger partial charge in [-0.1, -0.05) is 167 Å². The third-order valence-corrected chi connectivity index (χ3v) is 13.1. The molecule has 0 aromatic carbocycles. The van der Waals surface area contributed by atoms with Crippen LogP contribution in [-0.4, -0.2) is 79.7 Å². The van der Waals surface area contributed by atoms with Crippen molar-refractivity contribution in [3.05, 3.63) is 0 Å². The van der Waals surface area contributed by atoms with Gasteiger partial charge < -0.3 is 19.3 Å². The molecule has 8 heteroatoms. The van der Waals surface area contributed by atoms with Gasteiger partial charge in [0.2, 0.25) is 0 Å². The number of nitrogens with zero attached hydrogens (tertiary/aromatic N) is 2. The second-order valence-electron chi connectivity index (χ2n) is 18.1. The first-order valence-corrected chi connectivity index (χ1v) is 25.6. The molecule has 0 spiro atoms. The first-order chi connectivity index (χ1) is 27.7. The average Bonchev–Trinajstić information content (AvgIpc) is 3.98. The van der Waals surface area contributed by atoms with Crippen LogP contribution in [0.4, 0.5) is 4.79 Å². The number of rotatable bonds is 42. The van der Waals surface area contributed by atoms with Gasteiger partial charge in [-0.3, -0.25) is 14.4 Å². The fraction of sp³-hybridized carbons (Fsp3) is 0.939. The monoisotopic (exact) mass is 823 g/mol. The molecule has 1 fully saturated rings. The highest BCUT2D eigenvalue weighted by atomic mass is 32.2. The molecule has 1 rings (SSSR count). The quantitative estimate of drug-likeness (QED) is 0.0448. The maximum atomic E-state index is 13.2. The van der Waals surface area contributed by atoms with E-state index < -0.39 is 0 Å². The average molecular weight is 823 g/mol. The summed E-state index contributed by atoms with van der Waals surface area (Å²) in [6.07, 6.45) is 37.8. The van der Waals surface area contributed by atoms with Gasteiger partial charge in [-0.2, -0.15) is 0 Å². The van der Waals surface area contributed by atoms with E-state index in [0.717, 1.165) is 102 Å². The minimum Gasteiger partial charge on any atom is -0.465 e. The van der Waals surface area contributed by atoms with Gasteiger partial charge in [-0.25, -0.2) is 0 Å². The van der Waals surface area contributed by atoms with Gasteiger partial charge in [0.25, 0.3) is 5.24 Å². The first kappa shape index (κ1) is 53.7. The predicted molar refractivity (Wildman–Crippen MR) is 245 cm³/mol. The van der Waals surface area contributed by atoms with Gasteiger partial charge >= 0.3 is 11.9 Å². The van der Waals surface area contributed by atoms with E-state index in [-0.39, 0.29) is 22.6 Å². The molecule has 7 nitrogen and oxygen atoms in total. The normalized spacial score (nSPS) is 13.4. The van der Waals surface area contributed by atoms with Gasteiger partial charge in [0.15, 0.2) is 0 Å². The van der Waals surface area contributed by atoms with Crippen LogP contribution in [0.5, 0.6) is 0 Å². The fourth-order valence-corrected chi connectivity index (χ4v) is 8.66. The van der Waals surface area contributed by atoms with E-state index in [2.05, 4.69) is 44.7 Å². The molecule has 0 atom stereocenters. The van der Waals surface area contributed by atoms with Crippen molar-refractivity contribution in [1.82, 2.24) is 9.80 Å². The van der Waals surface area contributed by atoms with Crippen LogP contribution in [0, 0.1) is 11.3 Å². The minimum absolute atomic E-state index is 0.0135. The van der Waals surface area contributed by atoms with E-state index in [1.165, 1.54) is 134 Å². The molecule has 0 bridgehead atoms. The third-order valence-electron chi connectivity index (χ3n) is 12.1. The van der Waals surface area contributed by atoms with Crippen molar-refractivity contribution in [3.8, 4) is 0 Å². The zero-order chi connectivity index (χ0) is 41.7. The maximum absolute atomic E-state index is 13.2. The molecule has 0 N–H and O–H groups in total. The van der Waals surface area contributed by atoms with E-state index in [0.29, 0.717) is 32.0 Å². The van der Waals surface area contributed by atoms with Crippen molar-refractivity contribution in [2.45, 2.75) is 233 Å². The van der Waals surface area contributed by atoms with Crippen molar-refractivity contribution in [2.75, 3.05) is 52.7 Å². The Labute approximate surface area is 358 Å². The third kappa shape index (κ3) is 33.2. The number of esters is 2. The van der Waals surface area contributed by atoms with Crippen LogP contribution in [0.15, 0.2) is 0 Å². The topological polar surface area (TPSA) is 76.1 Å². The molecular weight excluding hydrogens is 729 g/mol. The van der Waals surface area contributed by atoms with Crippen LogP contribution in [0.25, 0.3) is 0 Å². The van der Waals surface area contributed by atoms with Crippen molar-refractivity contribution < 1.29 is 23.9 Å². The smallest absolute Gasteiger partial charge is 0.305 e. The van der Waals surface area contributed by atoms with E-state index in [4.69, 9.17) is 9.47 Å². The standard InChI is InChI=1S/C49H94N2O5S/c1-6-9-12-15-16-20-27-35-47(53)56-44-49(37-38-49)36-28-23-30-41-51(48(54)57-42-31-39-50(4)5)40-29-22-17-21-26-34-46(52)55-43-45(32-24-18-13-10-7-2)33-25-19-14-11-8-3/h45H,6-44H2,1-5H3. The number of thioether (sulfide) groups is 1. The fourth-order valence-electron chi connectivity index (χ4n) is 7.85. The molecule has 57 heavy (non-hydrogen) atoms. The molecule has 0 aromatic heterocycles. The summed E-state index contributed by atoms with van der Waals surface area (Å²) in [4.78, 5) is 42.5. The van der Waals surface area contributed by atoms with Gasteiger partial charge in [0, 0.05) is 37.1 Å². The zero-order valence-electron chi connectivity index (χ0n) is 38.5. The van der Waals surface area contributed by atoms with Crippen molar-refractivity contribution in [2.24, 2.45) is 11.3 Å². The number of amides is 1. The van der Waals surface area contributed by atoms with E-state index in [9.17, 15) is 14.4 Å². The summed E-state index contributed by atoms with van der Waals surface area (Å²) in [7, 11) is 4.16. The Hall–Kier alpha value is -1.28. The van der Waals surface area contributed by atoms with Crippen molar-refractivity contribution in [1.29, 1.82) is 0 Å². The number of ether oxygens (including phenoxy) is 2. The summed E-state index contributed by atoms with van der Waals surface area (Å²) in [6.45, 7) is 10.6. The lowest BCUT2D eigenvalue weighted by atomic mass is 9.95. The molecule has 0 aromatic rings. The molecule has 0 radical (unpaired) electrons. The summed E-state index contributed by atoms with van der Waals surface area (Å²) < 4.78 is 11.6. The molecule has 0 unspecified atom stereocenters. The highest BCUT2D eigenvalue weighted by molar-refractivity contribution is 8.13. The Balaban J connectivity index is 2.33. The van der Waals surface area contributed by atoms with Crippen LogP contribution >= 0.6 is 11.8 Å². The second-order valence-corrected chi connectivity index (χ2v) is 19.1. The van der Waals surface area contributed by atoms with Crippen LogP contribution in [0.1, 0.15) is 233 Å². The Bertz CT molecular complexity index is 944. The summed E-state index contributed by atoms with van der Waals surface area (Å²) in [5.74, 6) is 1.35. The van der Waals surface area contributed by atoms with Crippen LogP contribution in [-0.2, 0) is 19.1 Å². The molecule has 0 aliphatic heterocycles. The van der Waals surface area contributed by atoms with Gasteiger partial charge in [-0.15, -0.1) is 0 Å². The van der Waals surface area contributed by atoms with Crippen molar-refractivity contribution >= 4 is 28.9 Å². The number of hydrogen-bond acceptors (Lipinski definition) is 7. The van der Waals surface area contributed by atoms with Gasteiger partial charge in [0.05, 0.1) is 13.2 Å². The lowest BCUT2D eigenvalue weighted by Crippen LogP contribution is -2.30. The maximum Gasteiger partial charge on any atom is 0.305 e. The lowest BCUT2D eigenvalue weighted by molar-refractivity contribution is -0.146. The molecule has 1 saturated carbocycles. The predicted octanol–water partition coefficient (Wildman–Crippen LogP) is 14.3. The van der Waals surface area contributed by atoms with Crippen LogP contribution in [0.2, 0.25) is 0 Å². The summed E-state index contributed by atoms with van der Waals surface area (Å²) in [5.41, 5.74) is 0.216. The number of carbonyl (C=O) groups is 3. The molecule has 0 heterocycles. The first-order valence-electron chi connectivity index (χ1n) is 24.6. The largest absolute Gasteiger partial charge is 0.465 e. The Morgan fingerprint density at radius 1 is 0.544 bits per heavy atom.